The summed E-state index contributed by atoms with van der Waals surface area (Å²) in [6.07, 6.45) is 8.15. The van der Waals surface area contributed by atoms with Crippen molar-refractivity contribution in [3.8, 4) is 0 Å². The van der Waals surface area contributed by atoms with Crippen molar-refractivity contribution in [1.29, 1.82) is 0 Å². The van der Waals surface area contributed by atoms with E-state index in [9.17, 15) is 13.0 Å². The molecule has 0 bridgehead atoms. The molecule has 0 aliphatic rings. The maximum atomic E-state index is 9.22. The van der Waals surface area contributed by atoms with E-state index in [2.05, 4.69) is 36.3 Å². The largest absolute Gasteiger partial charge is 1.00 e. The zero-order valence-electron chi connectivity index (χ0n) is 14.5. The molecule has 0 aliphatic carbocycles. The molecule has 0 saturated heterocycles. The topological polar surface area (TPSA) is 84.1 Å². The number of hydrogen-bond acceptors (Lipinski definition) is 4. The Bertz CT molecular complexity index is 612. The molecule has 0 fully saturated rings. The first-order valence-corrected chi connectivity index (χ1v) is 7.79. The lowest BCUT2D eigenvalue weighted by Crippen LogP contribution is -3.00. The Morgan fingerprint density at radius 1 is 1.00 bits per heavy atom. The Labute approximate surface area is 144 Å². The Balaban J connectivity index is 0. The van der Waals surface area contributed by atoms with E-state index in [1.165, 1.54) is 11.6 Å². The summed E-state index contributed by atoms with van der Waals surface area (Å²) >= 11 is 0. The van der Waals surface area contributed by atoms with E-state index in [0.717, 1.165) is 7.11 Å². The van der Waals surface area contributed by atoms with Gasteiger partial charge < -0.3 is 17.0 Å². The van der Waals surface area contributed by atoms with Crippen LogP contribution in [0.4, 0.5) is 0 Å². The minimum Gasteiger partial charge on any atom is -1.00 e. The second-order valence-electron chi connectivity index (χ2n) is 4.71. The fraction of sp³-hybridized carbons (Fsp3) is 0.538. The highest BCUT2D eigenvalue weighted by Gasteiger charge is 2.01. The molecule has 0 radical (unpaired) electrons. The van der Waals surface area contributed by atoms with Gasteiger partial charge in [0.25, 0.3) is 11.6 Å². The normalized spacial score (nSPS) is 9.91. The third kappa shape index (κ3) is 9.34. The van der Waals surface area contributed by atoms with Gasteiger partial charge in [-0.1, -0.05) is 0 Å². The van der Waals surface area contributed by atoms with Crippen molar-refractivity contribution in [3.63, 3.8) is 0 Å². The molecule has 0 atom stereocenters. The van der Waals surface area contributed by atoms with E-state index in [0.29, 0.717) is 0 Å². The smallest absolute Gasteiger partial charge is 0.252 e. The number of aromatic nitrogens is 4. The van der Waals surface area contributed by atoms with Crippen LogP contribution in [-0.4, -0.2) is 29.2 Å². The van der Waals surface area contributed by atoms with Gasteiger partial charge in [0.15, 0.2) is 0 Å². The van der Waals surface area contributed by atoms with Crippen LogP contribution in [0, 0.1) is 13.8 Å². The van der Waals surface area contributed by atoms with Gasteiger partial charge in [0.1, 0.15) is 24.8 Å². The summed E-state index contributed by atoms with van der Waals surface area (Å²) in [5.41, 5.74) is 0. The molecule has 8 nitrogen and oxygen atoms in total. The van der Waals surface area contributed by atoms with Crippen LogP contribution in [0.5, 0.6) is 0 Å². The Morgan fingerprint density at radius 3 is 1.30 bits per heavy atom. The van der Waals surface area contributed by atoms with Gasteiger partial charge in [0, 0.05) is 13.8 Å². The van der Waals surface area contributed by atoms with E-state index in [4.69, 9.17) is 0 Å². The van der Waals surface area contributed by atoms with E-state index in [-0.39, 0.29) is 12.4 Å². The lowest BCUT2D eigenvalue weighted by atomic mass is 10.7. The first-order chi connectivity index (χ1) is 9.99. The van der Waals surface area contributed by atoms with Crippen LogP contribution in [0.1, 0.15) is 11.6 Å². The molecule has 0 N–H and O–H groups in total. The van der Waals surface area contributed by atoms with Crippen LogP contribution in [-0.2, 0) is 42.8 Å². The summed E-state index contributed by atoms with van der Waals surface area (Å²) in [6, 6.07) is 0. The van der Waals surface area contributed by atoms with E-state index in [1.807, 2.05) is 53.0 Å². The van der Waals surface area contributed by atoms with Crippen molar-refractivity contribution in [2.45, 2.75) is 13.8 Å². The predicted octanol–water partition coefficient (Wildman–Crippen LogP) is -3.59. The van der Waals surface area contributed by atoms with Gasteiger partial charge in [-0.3, -0.25) is 4.18 Å². The molecule has 0 saturated carbocycles. The van der Waals surface area contributed by atoms with Crippen molar-refractivity contribution in [2.24, 2.45) is 28.2 Å². The molecule has 23 heavy (non-hydrogen) atoms. The van der Waals surface area contributed by atoms with Crippen LogP contribution in [0.2, 0.25) is 0 Å². The molecule has 10 heteroatoms. The summed E-state index contributed by atoms with van der Waals surface area (Å²) < 4.78 is 39.4. The molecular formula is C13H25ClN4O4S. The number of hydrogen-bond donors (Lipinski definition) is 0. The second-order valence-corrected chi connectivity index (χ2v) is 5.86. The fourth-order valence-corrected chi connectivity index (χ4v) is 1.33. The Hall–Kier alpha value is -1.42. The average molecular weight is 369 g/mol. The van der Waals surface area contributed by atoms with Gasteiger partial charge in [-0.05, 0) is 0 Å². The SMILES string of the molecule is COS(=O)(=O)[O-].Cc1n(C)cc[n+]1C.Cc1n(C)cc[n+]1C.[Cl-]. The molecule has 0 unspecified atom stereocenters. The summed E-state index contributed by atoms with van der Waals surface area (Å²) in [7, 11) is 4.54. The van der Waals surface area contributed by atoms with Gasteiger partial charge in [0.2, 0.25) is 10.4 Å². The maximum Gasteiger partial charge on any atom is 0.252 e. The predicted molar refractivity (Wildman–Crippen MR) is 79.4 cm³/mol. The Morgan fingerprint density at radius 2 is 1.26 bits per heavy atom. The summed E-state index contributed by atoms with van der Waals surface area (Å²) in [5.74, 6) is 2.54. The Kier molecular flexibility index (Phi) is 10.8. The molecular weight excluding hydrogens is 344 g/mol. The minimum absolute atomic E-state index is 0. The number of halogens is 1. The van der Waals surface area contributed by atoms with Crippen molar-refractivity contribution >= 4 is 10.4 Å². The van der Waals surface area contributed by atoms with Gasteiger partial charge in [0.05, 0.1) is 35.3 Å². The average Bonchev–Trinajstić information content (AvgIpc) is 2.90. The van der Waals surface area contributed by atoms with Crippen LogP contribution in [0.25, 0.3) is 0 Å². The van der Waals surface area contributed by atoms with Gasteiger partial charge in [-0.15, -0.1) is 0 Å². The second kappa shape index (κ2) is 10.4. The van der Waals surface area contributed by atoms with Gasteiger partial charge in [-0.2, -0.15) is 0 Å². The molecule has 2 rings (SSSR count). The quantitative estimate of drug-likeness (QED) is 0.296. The van der Waals surface area contributed by atoms with Gasteiger partial charge >= 0.3 is 0 Å². The fourth-order valence-electron chi connectivity index (χ4n) is 1.33. The number of rotatable bonds is 1. The molecule has 2 aromatic rings. The van der Waals surface area contributed by atoms with E-state index >= 15 is 0 Å². The monoisotopic (exact) mass is 368 g/mol. The molecule has 0 spiro atoms. The first-order valence-electron chi connectivity index (χ1n) is 6.46. The molecule has 0 aliphatic heterocycles. The van der Waals surface area contributed by atoms with Crippen molar-refractivity contribution in [1.82, 2.24) is 9.13 Å². The summed E-state index contributed by atoms with van der Waals surface area (Å²) in [5, 5.41) is 0. The minimum atomic E-state index is -4.41. The summed E-state index contributed by atoms with van der Waals surface area (Å²) in [6.45, 7) is 4.17. The zero-order valence-corrected chi connectivity index (χ0v) is 16.1. The van der Waals surface area contributed by atoms with Crippen LogP contribution >= 0.6 is 0 Å². The first kappa shape index (κ1) is 23.8. The third-order valence-electron chi connectivity index (χ3n) is 3.27. The highest BCUT2D eigenvalue weighted by molar-refractivity contribution is 7.80. The van der Waals surface area contributed by atoms with Gasteiger partial charge in [-0.25, -0.2) is 26.7 Å². The van der Waals surface area contributed by atoms with E-state index < -0.39 is 10.4 Å². The molecule has 0 amide bonds. The molecule has 0 aromatic carbocycles. The lowest BCUT2D eigenvalue weighted by molar-refractivity contribution is -0.677. The number of imidazole rings is 2. The zero-order chi connectivity index (χ0) is 17.5. The summed E-state index contributed by atoms with van der Waals surface area (Å²) in [4.78, 5) is 0. The highest BCUT2D eigenvalue weighted by Crippen LogP contribution is 1.85. The standard InChI is InChI=1S/2C6H11N2.CH4O4S.ClH/c2*1-6-7(2)4-5-8(6)3;1-5-6(2,3)4;/h2*4-5H,1-3H3;1H3,(H,2,3,4);1H/q2*+1;;/p-2. The molecule has 2 heterocycles. The lowest BCUT2D eigenvalue weighted by Gasteiger charge is -1.98. The van der Waals surface area contributed by atoms with Crippen molar-refractivity contribution in [3.05, 3.63) is 36.4 Å². The molecule has 2 aromatic heterocycles. The van der Waals surface area contributed by atoms with Crippen LogP contribution in [0.3, 0.4) is 0 Å². The maximum absolute atomic E-state index is 9.22. The van der Waals surface area contributed by atoms with Crippen molar-refractivity contribution < 1.29 is 38.7 Å². The van der Waals surface area contributed by atoms with Crippen molar-refractivity contribution in [2.75, 3.05) is 7.11 Å². The number of aryl methyl sites for hydroxylation is 4. The van der Waals surface area contributed by atoms with E-state index in [1.54, 1.807) is 0 Å². The van der Waals surface area contributed by atoms with Crippen LogP contribution < -0.4 is 21.5 Å². The highest BCUT2D eigenvalue weighted by atomic mass is 35.5. The van der Waals surface area contributed by atoms with Crippen LogP contribution in [0.15, 0.2) is 24.8 Å². The third-order valence-corrected chi connectivity index (χ3v) is 3.68. The molecule has 134 valence electrons. The number of nitrogens with zero attached hydrogens (tertiary/aromatic N) is 4.